The molecule has 0 unspecified atom stereocenters. The van der Waals surface area contributed by atoms with Crippen LogP contribution in [0.4, 0.5) is 0 Å². The van der Waals surface area contributed by atoms with Crippen molar-refractivity contribution in [2.45, 2.75) is 77.3 Å². The standard InChI is InChI=1S/C32H44ClN3O4/c1-2-40-30-21-26(9-12-29(30)37)23-35-18-14-28(15-19-35)36(32(39)22-25-5-3-4-6-25)20-16-31(38)34-17-13-24-7-10-27(33)11-8-24/h7-12,21,25,28,37H,2-6,13-20,22-23H2,1H3,(H,34,38). The zero-order valence-corrected chi connectivity index (χ0v) is 24.5. The topological polar surface area (TPSA) is 82.1 Å². The minimum Gasteiger partial charge on any atom is -0.504 e. The number of halogens is 1. The number of piperidine rings is 1. The van der Waals surface area contributed by atoms with Crippen LogP contribution in [0.3, 0.4) is 0 Å². The molecule has 0 aromatic heterocycles. The van der Waals surface area contributed by atoms with E-state index in [0.29, 0.717) is 49.2 Å². The number of amides is 2. The van der Waals surface area contributed by atoms with Crippen molar-refractivity contribution in [3.63, 3.8) is 0 Å². The Hall–Kier alpha value is -2.77. The third-order valence-corrected chi connectivity index (χ3v) is 8.47. The van der Waals surface area contributed by atoms with Gasteiger partial charge in [0.15, 0.2) is 11.5 Å². The maximum Gasteiger partial charge on any atom is 0.223 e. The second-order valence-electron chi connectivity index (χ2n) is 11.2. The first kappa shape index (κ1) is 30.2. The normalized spacial score (nSPS) is 16.6. The molecule has 0 atom stereocenters. The number of carbonyl (C=O) groups excluding carboxylic acids is 2. The highest BCUT2D eigenvalue weighted by molar-refractivity contribution is 6.30. The van der Waals surface area contributed by atoms with Crippen molar-refractivity contribution >= 4 is 23.4 Å². The van der Waals surface area contributed by atoms with E-state index in [1.54, 1.807) is 6.07 Å². The first-order chi connectivity index (χ1) is 19.4. The largest absolute Gasteiger partial charge is 0.504 e. The van der Waals surface area contributed by atoms with Crippen molar-refractivity contribution in [3.05, 3.63) is 58.6 Å². The van der Waals surface area contributed by atoms with Gasteiger partial charge in [0.25, 0.3) is 0 Å². The Balaban J connectivity index is 1.28. The van der Waals surface area contributed by atoms with Crippen LogP contribution in [0.2, 0.25) is 5.02 Å². The Morgan fingerprint density at radius 3 is 2.45 bits per heavy atom. The first-order valence-electron chi connectivity index (χ1n) is 14.9. The summed E-state index contributed by atoms with van der Waals surface area (Å²) in [6.07, 6.45) is 8.17. The SMILES string of the molecule is CCOc1cc(CN2CCC(N(CCC(=O)NCCc3ccc(Cl)cc3)C(=O)CC3CCCC3)CC2)ccc1O. The van der Waals surface area contributed by atoms with Crippen LogP contribution in [0.1, 0.15) is 69.4 Å². The van der Waals surface area contributed by atoms with Gasteiger partial charge >= 0.3 is 0 Å². The van der Waals surface area contributed by atoms with Gasteiger partial charge < -0.3 is 20.1 Å². The lowest BCUT2D eigenvalue weighted by Crippen LogP contribution is -2.48. The number of nitrogens with one attached hydrogen (secondary N) is 1. The average molecular weight is 570 g/mol. The van der Waals surface area contributed by atoms with Crippen molar-refractivity contribution in [3.8, 4) is 11.5 Å². The molecular weight excluding hydrogens is 526 g/mol. The molecule has 1 heterocycles. The molecule has 8 heteroatoms. The Kier molecular flexibility index (Phi) is 11.5. The Morgan fingerprint density at radius 2 is 1.75 bits per heavy atom. The second kappa shape index (κ2) is 15.3. The van der Waals surface area contributed by atoms with E-state index in [0.717, 1.165) is 62.9 Å². The van der Waals surface area contributed by atoms with E-state index >= 15 is 0 Å². The highest BCUT2D eigenvalue weighted by Gasteiger charge is 2.30. The Bertz CT molecular complexity index is 1100. The summed E-state index contributed by atoms with van der Waals surface area (Å²) in [5.41, 5.74) is 2.23. The number of aromatic hydroxyl groups is 1. The number of hydrogen-bond acceptors (Lipinski definition) is 5. The molecule has 1 saturated heterocycles. The lowest BCUT2D eigenvalue weighted by molar-refractivity contribution is -0.136. The molecule has 2 N–H and O–H groups in total. The maximum atomic E-state index is 13.5. The fraction of sp³-hybridized carbons (Fsp3) is 0.562. The van der Waals surface area contributed by atoms with Crippen LogP contribution in [0, 0.1) is 5.92 Å². The van der Waals surface area contributed by atoms with Gasteiger partial charge in [-0.25, -0.2) is 0 Å². The molecule has 0 bridgehead atoms. The van der Waals surface area contributed by atoms with Crippen molar-refractivity contribution in [2.24, 2.45) is 5.92 Å². The quantitative estimate of drug-likeness (QED) is 0.330. The second-order valence-corrected chi connectivity index (χ2v) is 11.6. The number of rotatable bonds is 13. The first-order valence-corrected chi connectivity index (χ1v) is 15.3. The van der Waals surface area contributed by atoms with Crippen LogP contribution < -0.4 is 10.1 Å². The number of hydrogen-bond donors (Lipinski definition) is 2. The van der Waals surface area contributed by atoms with E-state index in [1.807, 2.05) is 48.2 Å². The van der Waals surface area contributed by atoms with Crippen molar-refractivity contribution in [1.29, 1.82) is 0 Å². The third kappa shape index (κ3) is 9.13. The molecule has 2 aromatic rings. The number of likely N-dealkylation sites (tertiary alicyclic amines) is 1. The number of phenols is 1. The van der Waals surface area contributed by atoms with Gasteiger partial charge in [0.05, 0.1) is 6.61 Å². The fourth-order valence-electron chi connectivity index (χ4n) is 5.97. The van der Waals surface area contributed by atoms with E-state index in [2.05, 4.69) is 10.2 Å². The molecule has 0 spiro atoms. The Labute approximate surface area is 243 Å². The molecule has 7 nitrogen and oxygen atoms in total. The van der Waals surface area contributed by atoms with E-state index in [1.165, 1.54) is 12.8 Å². The smallest absolute Gasteiger partial charge is 0.223 e. The lowest BCUT2D eigenvalue weighted by atomic mass is 9.98. The van der Waals surface area contributed by atoms with Crippen LogP contribution >= 0.6 is 11.6 Å². The van der Waals surface area contributed by atoms with Crippen molar-refractivity contribution < 1.29 is 19.4 Å². The van der Waals surface area contributed by atoms with Crippen LogP contribution in [-0.4, -0.2) is 65.5 Å². The molecule has 1 aliphatic heterocycles. The third-order valence-electron chi connectivity index (χ3n) is 8.22. The van der Waals surface area contributed by atoms with E-state index in [-0.39, 0.29) is 23.6 Å². The minimum absolute atomic E-state index is 0.0116. The van der Waals surface area contributed by atoms with E-state index in [4.69, 9.17) is 16.3 Å². The number of nitrogens with zero attached hydrogens (tertiary/aromatic N) is 2. The number of benzene rings is 2. The van der Waals surface area contributed by atoms with E-state index < -0.39 is 0 Å². The highest BCUT2D eigenvalue weighted by atomic mass is 35.5. The maximum absolute atomic E-state index is 13.5. The molecule has 2 amide bonds. The Morgan fingerprint density at radius 1 is 1.05 bits per heavy atom. The summed E-state index contributed by atoms with van der Waals surface area (Å²) >= 11 is 5.96. The van der Waals surface area contributed by atoms with Gasteiger partial charge in [0.2, 0.25) is 11.8 Å². The van der Waals surface area contributed by atoms with Gasteiger partial charge in [-0.1, -0.05) is 42.6 Å². The molecule has 1 saturated carbocycles. The molecule has 218 valence electrons. The summed E-state index contributed by atoms with van der Waals surface area (Å²) in [5.74, 6) is 1.36. The molecule has 0 radical (unpaired) electrons. The van der Waals surface area contributed by atoms with Crippen LogP contribution in [0.15, 0.2) is 42.5 Å². The van der Waals surface area contributed by atoms with E-state index in [9.17, 15) is 14.7 Å². The summed E-state index contributed by atoms with van der Waals surface area (Å²) in [5, 5.41) is 13.7. The summed E-state index contributed by atoms with van der Waals surface area (Å²) < 4.78 is 5.54. The summed E-state index contributed by atoms with van der Waals surface area (Å²) in [7, 11) is 0. The molecule has 2 fully saturated rings. The molecule has 4 rings (SSSR count). The molecule has 2 aromatic carbocycles. The van der Waals surface area contributed by atoms with Gasteiger partial charge in [-0.3, -0.25) is 14.5 Å². The zero-order valence-electron chi connectivity index (χ0n) is 23.7. The number of phenolic OH excluding ortho intramolecular Hbond substituents is 1. The van der Waals surface area contributed by atoms with Gasteiger partial charge in [0.1, 0.15) is 0 Å². The molecular formula is C32H44ClN3O4. The monoisotopic (exact) mass is 569 g/mol. The average Bonchev–Trinajstić information content (AvgIpc) is 3.46. The summed E-state index contributed by atoms with van der Waals surface area (Å²) in [6.45, 7) is 6.00. The molecule has 40 heavy (non-hydrogen) atoms. The van der Waals surface area contributed by atoms with Crippen LogP contribution in [0.5, 0.6) is 11.5 Å². The highest BCUT2D eigenvalue weighted by Crippen LogP contribution is 2.30. The van der Waals surface area contributed by atoms with Gasteiger partial charge in [0, 0.05) is 56.6 Å². The molecule has 2 aliphatic rings. The predicted octanol–water partition coefficient (Wildman–Crippen LogP) is 5.57. The summed E-state index contributed by atoms with van der Waals surface area (Å²) in [4.78, 5) is 30.6. The van der Waals surface area contributed by atoms with Crippen LogP contribution in [-0.2, 0) is 22.6 Å². The lowest BCUT2D eigenvalue weighted by Gasteiger charge is -2.39. The zero-order chi connectivity index (χ0) is 28.3. The molecule has 1 aliphatic carbocycles. The van der Waals surface area contributed by atoms with Crippen LogP contribution in [0.25, 0.3) is 0 Å². The summed E-state index contributed by atoms with van der Waals surface area (Å²) in [6, 6.07) is 13.4. The number of carbonyl (C=O) groups is 2. The van der Waals surface area contributed by atoms with Gasteiger partial charge in [-0.15, -0.1) is 0 Å². The fourth-order valence-corrected chi connectivity index (χ4v) is 6.10. The predicted molar refractivity (Wildman–Crippen MR) is 159 cm³/mol. The van der Waals surface area contributed by atoms with Gasteiger partial charge in [-0.2, -0.15) is 0 Å². The van der Waals surface area contributed by atoms with Crippen molar-refractivity contribution in [1.82, 2.24) is 15.1 Å². The van der Waals surface area contributed by atoms with Crippen molar-refractivity contribution in [2.75, 3.05) is 32.8 Å². The number of ether oxygens (including phenoxy) is 1. The van der Waals surface area contributed by atoms with Gasteiger partial charge in [-0.05, 0) is 80.3 Å². The minimum atomic E-state index is -0.0116.